The highest BCUT2D eigenvalue weighted by atomic mass is 16.4. The fraction of sp³-hybridized carbons (Fsp3) is 0.400. The molecule has 1 heterocycles. The van der Waals surface area contributed by atoms with Crippen LogP contribution in [-0.4, -0.2) is 24.2 Å². The van der Waals surface area contributed by atoms with Gasteiger partial charge in [-0.15, -0.1) is 0 Å². The van der Waals surface area contributed by atoms with E-state index in [-0.39, 0.29) is 0 Å². The molecule has 0 aliphatic carbocycles. The van der Waals surface area contributed by atoms with E-state index in [4.69, 9.17) is 5.11 Å². The SMILES string of the molecule is O=C(O)/C=C/c1ccccc1N1CCCCCC1. The third-order valence-electron chi connectivity index (χ3n) is 3.29. The van der Waals surface area contributed by atoms with E-state index in [1.54, 1.807) is 6.08 Å². The second-order valence-corrected chi connectivity index (χ2v) is 4.63. The number of hydrogen-bond donors (Lipinski definition) is 1. The number of rotatable bonds is 3. The molecule has 3 nitrogen and oxygen atoms in total. The Bertz CT molecular complexity index is 432. The molecule has 2 rings (SSSR count). The highest BCUT2D eigenvalue weighted by molar-refractivity contribution is 5.87. The van der Waals surface area contributed by atoms with Crippen molar-refractivity contribution in [3.63, 3.8) is 0 Å². The maximum absolute atomic E-state index is 10.6. The highest BCUT2D eigenvalue weighted by Crippen LogP contribution is 2.24. The molecule has 3 heteroatoms. The van der Waals surface area contributed by atoms with Crippen LogP contribution < -0.4 is 4.90 Å². The van der Waals surface area contributed by atoms with Crippen LogP contribution in [-0.2, 0) is 4.79 Å². The van der Waals surface area contributed by atoms with E-state index in [9.17, 15) is 4.79 Å². The molecule has 1 aromatic rings. The maximum atomic E-state index is 10.6. The lowest BCUT2D eigenvalue weighted by Gasteiger charge is -2.24. The standard InChI is InChI=1S/C15H19NO2/c17-15(18)10-9-13-7-3-4-8-14(13)16-11-5-1-2-6-12-16/h3-4,7-10H,1-2,5-6,11-12H2,(H,17,18)/b10-9+. The van der Waals surface area contributed by atoms with E-state index in [0.717, 1.165) is 24.3 Å². The number of para-hydroxylation sites is 1. The molecule has 0 radical (unpaired) electrons. The van der Waals surface area contributed by atoms with Crippen LogP contribution in [0.3, 0.4) is 0 Å². The van der Waals surface area contributed by atoms with Gasteiger partial charge in [0.05, 0.1) is 0 Å². The molecule has 0 unspecified atom stereocenters. The van der Waals surface area contributed by atoms with Gasteiger partial charge in [-0.3, -0.25) is 0 Å². The van der Waals surface area contributed by atoms with Crippen molar-refractivity contribution in [2.45, 2.75) is 25.7 Å². The third kappa shape index (κ3) is 3.36. The van der Waals surface area contributed by atoms with Crippen LogP contribution in [0.2, 0.25) is 0 Å². The van der Waals surface area contributed by atoms with Crippen LogP contribution in [0.15, 0.2) is 30.3 Å². The lowest BCUT2D eigenvalue weighted by Crippen LogP contribution is -2.24. The fourth-order valence-electron chi connectivity index (χ4n) is 2.39. The summed E-state index contributed by atoms with van der Waals surface area (Å²) in [5.41, 5.74) is 2.14. The van der Waals surface area contributed by atoms with Crippen molar-refractivity contribution in [1.29, 1.82) is 0 Å². The summed E-state index contributed by atoms with van der Waals surface area (Å²) in [6.45, 7) is 2.13. The summed E-state index contributed by atoms with van der Waals surface area (Å²) in [6, 6.07) is 8.01. The summed E-state index contributed by atoms with van der Waals surface area (Å²) in [6.07, 6.45) is 7.92. The summed E-state index contributed by atoms with van der Waals surface area (Å²) in [4.78, 5) is 13.0. The topological polar surface area (TPSA) is 40.5 Å². The lowest BCUT2D eigenvalue weighted by molar-refractivity contribution is -0.131. The van der Waals surface area contributed by atoms with Crippen molar-refractivity contribution >= 4 is 17.7 Å². The Morgan fingerprint density at radius 2 is 1.78 bits per heavy atom. The summed E-state index contributed by atoms with van der Waals surface area (Å²) in [7, 11) is 0. The van der Waals surface area contributed by atoms with Gasteiger partial charge in [0.1, 0.15) is 0 Å². The zero-order valence-corrected chi connectivity index (χ0v) is 10.5. The molecule has 0 amide bonds. The first-order valence-corrected chi connectivity index (χ1v) is 6.52. The summed E-state index contributed by atoms with van der Waals surface area (Å²) < 4.78 is 0. The number of anilines is 1. The molecule has 1 saturated heterocycles. The molecule has 1 aliphatic rings. The molecule has 0 aromatic heterocycles. The van der Waals surface area contributed by atoms with E-state index in [2.05, 4.69) is 11.0 Å². The molecule has 1 fully saturated rings. The average molecular weight is 245 g/mol. The Kier molecular flexibility index (Phi) is 4.40. The molecule has 1 aromatic carbocycles. The fourth-order valence-corrected chi connectivity index (χ4v) is 2.39. The molecule has 0 saturated carbocycles. The zero-order valence-electron chi connectivity index (χ0n) is 10.5. The summed E-state index contributed by atoms with van der Waals surface area (Å²) >= 11 is 0. The smallest absolute Gasteiger partial charge is 0.328 e. The van der Waals surface area contributed by atoms with E-state index in [0.29, 0.717) is 0 Å². The highest BCUT2D eigenvalue weighted by Gasteiger charge is 2.11. The second kappa shape index (κ2) is 6.24. The van der Waals surface area contributed by atoms with Gasteiger partial charge in [-0.1, -0.05) is 31.0 Å². The zero-order chi connectivity index (χ0) is 12.8. The van der Waals surface area contributed by atoms with Gasteiger partial charge in [-0.25, -0.2) is 4.79 Å². The Labute approximate surface area is 108 Å². The lowest BCUT2D eigenvalue weighted by atomic mass is 10.1. The Balaban J connectivity index is 2.22. The largest absolute Gasteiger partial charge is 0.478 e. The van der Waals surface area contributed by atoms with E-state index < -0.39 is 5.97 Å². The number of aliphatic carboxylic acids is 1. The molecule has 1 aliphatic heterocycles. The molecular weight excluding hydrogens is 226 g/mol. The van der Waals surface area contributed by atoms with Gasteiger partial charge < -0.3 is 10.0 Å². The van der Waals surface area contributed by atoms with Crippen LogP contribution in [0.25, 0.3) is 6.08 Å². The van der Waals surface area contributed by atoms with Gasteiger partial charge in [0.25, 0.3) is 0 Å². The average Bonchev–Trinajstić information content (AvgIpc) is 2.65. The summed E-state index contributed by atoms with van der Waals surface area (Å²) in [5.74, 6) is -0.902. The van der Waals surface area contributed by atoms with Crippen molar-refractivity contribution in [2.75, 3.05) is 18.0 Å². The number of carbonyl (C=O) groups is 1. The maximum Gasteiger partial charge on any atom is 0.328 e. The minimum atomic E-state index is -0.902. The molecule has 18 heavy (non-hydrogen) atoms. The van der Waals surface area contributed by atoms with Crippen molar-refractivity contribution < 1.29 is 9.90 Å². The molecule has 0 spiro atoms. The van der Waals surface area contributed by atoms with Crippen LogP contribution in [0, 0.1) is 0 Å². The third-order valence-corrected chi connectivity index (χ3v) is 3.29. The van der Waals surface area contributed by atoms with Gasteiger partial charge in [0.15, 0.2) is 0 Å². The van der Waals surface area contributed by atoms with E-state index in [1.807, 2.05) is 18.2 Å². The van der Waals surface area contributed by atoms with Gasteiger partial charge in [0, 0.05) is 24.9 Å². The Morgan fingerprint density at radius 3 is 2.44 bits per heavy atom. The van der Waals surface area contributed by atoms with Gasteiger partial charge in [-0.2, -0.15) is 0 Å². The Hall–Kier alpha value is -1.77. The minimum Gasteiger partial charge on any atom is -0.478 e. The minimum absolute atomic E-state index is 0.902. The number of nitrogens with zero attached hydrogens (tertiary/aromatic N) is 1. The Morgan fingerprint density at radius 1 is 1.11 bits per heavy atom. The molecule has 0 atom stereocenters. The van der Waals surface area contributed by atoms with Crippen LogP contribution in [0.1, 0.15) is 31.2 Å². The van der Waals surface area contributed by atoms with Gasteiger partial charge in [0.2, 0.25) is 0 Å². The van der Waals surface area contributed by atoms with Crippen molar-refractivity contribution in [1.82, 2.24) is 0 Å². The van der Waals surface area contributed by atoms with E-state index in [1.165, 1.54) is 31.8 Å². The first kappa shape index (κ1) is 12.7. The molecule has 96 valence electrons. The van der Waals surface area contributed by atoms with Crippen LogP contribution >= 0.6 is 0 Å². The normalized spacial score (nSPS) is 16.8. The quantitative estimate of drug-likeness (QED) is 0.831. The van der Waals surface area contributed by atoms with Crippen molar-refractivity contribution in [3.05, 3.63) is 35.9 Å². The second-order valence-electron chi connectivity index (χ2n) is 4.63. The molecule has 1 N–H and O–H groups in total. The van der Waals surface area contributed by atoms with Crippen molar-refractivity contribution in [3.8, 4) is 0 Å². The first-order chi connectivity index (χ1) is 8.77. The predicted octanol–water partition coefficient (Wildman–Crippen LogP) is 3.16. The molecular formula is C15H19NO2. The van der Waals surface area contributed by atoms with Gasteiger partial charge >= 0.3 is 5.97 Å². The van der Waals surface area contributed by atoms with Gasteiger partial charge in [-0.05, 0) is 30.5 Å². The number of benzene rings is 1. The van der Waals surface area contributed by atoms with Crippen molar-refractivity contribution in [2.24, 2.45) is 0 Å². The van der Waals surface area contributed by atoms with Crippen LogP contribution in [0.4, 0.5) is 5.69 Å². The predicted molar refractivity (Wildman–Crippen MR) is 73.8 cm³/mol. The van der Waals surface area contributed by atoms with E-state index >= 15 is 0 Å². The summed E-state index contributed by atoms with van der Waals surface area (Å²) in [5, 5.41) is 8.72. The number of hydrogen-bond acceptors (Lipinski definition) is 2. The van der Waals surface area contributed by atoms with Crippen LogP contribution in [0.5, 0.6) is 0 Å². The number of carboxylic acid groups (broad SMARTS) is 1. The number of carboxylic acids is 1. The monoisotopic (exact) mass is 245 g/mol. The first-order valence-electron chi connectivity index (χ1n) is 6.52. The molecule has 0 bridgehead atoms.